The van der Waals surface area contributed by atoms with Crippen molar-refractivity contribution in [1.82, 2.24) is 10.3 Å². The first-order valence-corrected chi connectivity index (χ1v) is 10.0. The van der Waals surface area contributed by atoms with Crippen LogP contribution in [0.25, 0.3) is 0 Å². The van der Waals surface area contributed by atoms with Gasteiger partial charge in [-0.2, -0.15) is 0 Å². The highest BCUT2D eigenvalue weighted by Gasteiger charge is 2.49. The predicted molar refractivity (Wildman–Crippen MR) is 109 cm³/mol. The zero-order valence-electron chi connectivity index (χ0n) is 16.7. The van der Waals surface area contributed by atoms with Crippen LogP contribution in [0.1, 0.15) is 31.0 Å². The van der Waals surface area contributed by atoms with Gasteiger partial charge < -0.3 is 19.5 Å². The molecule has 0 spiro atoms. The van der Waals surface area contributed by atoms with Gasteiger partial charge in [-0.05, 0) is 35.7 Å². The molecular weight excluding hydrogens is 370 g/mol. The Kier molecular flexibility index (Phi) is 6.08. The average molecular weight is 397 g/mol. The minimum absolute atomic E-state index is 0.0437. The smallest absolute Gasteiger partial charge is 0.412 e. The van der Waals surface area contributed by atoms with Gasteiger partial charge in [0.15, 0.2) is 6.10 Å². The molecule has 2 N–H and O–H groups in total. The lowest BCUT2D eigenvalue weighted by molar-refractivity contribution is 0.00854. The van der Waals surface area contributed by atoms with Crippen molar-refractivity contribution in [3.05, 3.63) is 59.9 Å². The summed E-state index contributed by atoms with van der Waals surface area (Å²) >= 11 is 0. The second-order valence-electron chi connectivity index (χ2n) is 7.75. The van der Waals surface area contributed by atoms with Gasteiger partial charge in [0.1, 0.15) is 12.2 Å². The van der Waals surface area contributed by atoms with E-state index in [2.05, 4.69) is 29.5 Å². The topological polar surface area (TPSA) is 81.7 Å². The number of amides is 1. The fourth-order valence-electron chi connectivity index (χ4n) is 3.71. The Balaban J connectivity index is 1.27. The molecule has 4 unspecified atom stereocenters. The monoisotopic (exact) mass is 397 g/mol. The molecule has 0 bridgehead atoms. The van der Waals surface area contributed by atoms with Crippen molar-refractivity contribution in [3.63, 3.8) is 0 Å². The van der Waals surface area contributed by atoms with Gasteiger partial charge >= 0.3 is 6.09 Å². The highest BCUT2D eigenvalue weighted by molar-refractivity contribution is 5.84. The van der Waals surface area contributed by atoms with Gasteiger partial charge in [-0.25, -0.2) is 4.79 Å². The number of benzene rings is 1. The Morgan fingerprint density at radius 1 is 1.14 bits per heavy atom. The number of ether oxygens (including phenoxy) is 3. The molecule has 154 valence electrons. The lowest BCUT2D eigenvalue weighted by Gasteiger charge is -2.18. The molecule has 4 atom stereocenters. The van der Waals surface area contributed by atoms with Gasteiger partial charge in [-0.15, -0.1) is 0 Å². The third kappa shape index (κ3) is 4.75. The summed E-state index contributed by atoms with van der Waals surface area (Å²) in [6.45, 7) is 5.75. The number of fused-ring (bicyclic) bond motifs is 1. The molecule has 4 rings (SSSR count). The number of carbonyl (C=O) groups excluding carboxylic acids is 1. The predicted octanol–water partition coefficient (Wildman–Crippen LogP) is 3.08. The molecule has 2 aliphatic rings. The van der Waals surface area contributed by atoms with E-state index in [1.807, 2.05) is 42.5 Å². The van der Waals surface area contributed by atoms with Crippen LogP contribution < -0.4 is 10.6 Å². The van der Waals surface area contributed by atoms with Crippen LogP contribution in [-0.2, 0) is 20.8 Å². The second kappa shape index (κ2) is 8.90. The number of aromatic nitrogens is 1. The average Bonchev–Trinajstić information content (AvgIpc) is 3.30. The minimum atomic E-state index is -0.495. The minimum Gasteiger partial charge on any atom is -0.441 e. The van der Waals surface area contributed by atoms with Crippen LogP contribution in [0, 0.1) is 0 Å². The van der Waals surface area contributed by atoms with Crippen molar-refractivity contribution in [2.24, 2.45) is 0 Å². The van der Waals surface area contributed by atoms with Crippen molar-refractivity contribution in [2.75, 3.05) is 18.5 Å². The number of hydrogen-bond acceptors (Lipinski definition) is 6. The molecule has 7 nitrogen and oxygen atoms in total. The van der Waals surface area contributed by atoms with Gasteiger partial charge in [-0.3, -0.25) is 10.3 Å². The van der Waals surface area contributed by atoms with E-state index in [0.29, 0.717) is 31.4 Å². The SMILES string of the molecule is CC(C)c1ccc(NC(=O)OC2COC3C(NCc4ccccn4)COC23)cc1. The van der Waals surface area contributed by atoms with Gasteiger partial charge in [0.05, 0.1) is 24.9 Å². The maximum atomic E-state index is 12.3. The Morgan fingerprint density at radius 3 is 2.66 bits per heavy atom. The molecule has 2 saturated heterocycles. The summed E-state index contributed by atoms with van der Waals surface area (Å²) in [5.74, 6) is 0.447. The summed E-state index contributed by atoms with van der Waals surface area (Å²) in [7, 11) is 0. The molecule has 1 amide bonds. The number of nitrogens with one attached hydrogen (secondary N) is 2. The molecule has 29 heavy (non-hydrogen) atoms. The van der Waals surface area contributed by atoms with Crippen LogP contribution >= 0.6 is 0 Å². The molecule has 3 heterocycles. The zero-order chi connectivity index (χ0) is 20.2. The van der Waals surface area contributed by atoms with E-state index in [0.717, 1.165) is 5.69 Å². The second-order valence-corrected chi connectivity index (χ2v) is 7.75. The largest absolute Gasteiger partial charge is 0.441 e. The van der Waals surface area contributed by atoms with Crippen LogP contribution in [0.2, 0.25) is 0 Å². The van der Waals surface area contributed by atoms with E-state index in [9.17, 15) is 4.79 Å². The zero-order valence-corrected chi connectivity index (χ0v) is 16.7. The molecule has 0 saturated carbocycles. The number of nitrogens with zero attached hydrogens (tertiary/aromatic N) is 1. The Morgan fingerprint density at radius 2 is 1.93 bits per heavy atom. The van der Waals surface area contributed by atoms with Gasteiger partial charge in [-0.1, -0.05) is 32.0 Å². The molecule has 2 fully saturated rings. The number of rotatable bonds is 6. The van der Waals surface area contributed by atoms with Crippen LogP contribution in [0.4, 0.5) is 10.5 Å². The normalized spacial score (nSPS) is 25.8. The van der Waals surface area contributed by atoms with Crippen LogP contribution in [0.15, 0.2) is 48.7 Å². The van der Waals surface area contributed by atoms with Gasteiger partial charge in [0.2, 0.25) is 0 Å². The summed E-state index contributed by atoms with van der Waals surface area (Å²) in [5.41, 5.74) is 2.89. The summed E-state index contributed by atoms with van der Waals surface area (Å²) in [6.07, 6.45) is 0.462. The number of carbonyl (C=O) groups is 1. The first kappa shape index (κ1) is 19.8. The molecular formula is C22H27N3O4. The van der Waals surface area contributed by atoms with Crippen molar-refractivity contribution in [3.8, 4) is 0 Å². The highest BCUT2D eigenvalue weighted by atomic mass is 16.6. The molecule has 2 aliphatic heterocycles. The standard InChI is InChI=1S/C22H27N3O4/c1-14(2)15-6-8-16(9-7-15)25-22(26)29-19-13-28-20-18(12-27-21(19)20)24-11-17-5-3-4-10-23-17/h3-10,14,18-21,24H,11-13H2,1-2H3,(H,25,26). The van der Waals surface area contributed by atoms with Crippen LogP contribution in [-0.4, -0.2) is 48.6 Å². The lowest BCUT2D eigenvalue weighted by Crippen LogP contribution is -2.41. The van der Waals surface area contributed by atoms with E-state index in [1.54, 1.807) is 6.20 Å². The van der Waals surface area contributed by atoms with E-state index < -0.39 is 12.2 Å². The molecule has 1 aromatic carbocycles. The fraction of sp³-hybridized carbons (Fsp3) is 0.455. The van der Waals surface area contributed by atoms with E-state index in [4.69, 9.17) is 14.2 Å². The fourth-order valence-corrected chi connectivity index (χ4v) is 3.71. The van der Waals surface area contributed by atoms with Crippen molar-refractivity contribution >= 4 is 11.8 Å². The van der Waals surface area contributed by atoms with Gasteiger partial charge in [0, 0.05) is 18.4 Å². The first-order valence-electron chi connectivity index (χ1n) is 10.0. The Bertz CT molecular complexity index is 813. The quantitative estimate of drug-likeness (QED) is 0.780. The van der Waals surface area contributed by atoms with Crippen molar-refractivity contribution < 1.29 is 19.0 Å². The van der Waals surface area contributed by atoms with E-state index in [-0.39, 0.29) is 18.2 Å². The number of anilines is 1. The van der Waals surface area contributed by atoms with Gasteiger partial charge in [0.25, 0.3) is 0 Å². The molecule has 1 aromatic heterocycles. The molecule has 0 radical (unpaired) electrons. The van der Waals surface area contributed by atoms with Crippen molar-refractivity contribution in [2.45, 2.75) is 50.7 Å². The molecule has 0 aliphatic carbocycles. The maximum absolute atomic E-state index is 12.3. The highest BCUT2D eigenvalue weighted by Crippen LogP contribution is 2.29. The Labute approximate surface area is 170 Å². The molecule has 7 heteroatoms. The van der Waals surface area contributed by atoms with Crippen molar-refractivity contribution in [1.29, 1.82) is 0 Å². The Hall–Kier alpha value is -2.48. The summed E-state index contributed by atoms with van der Waals surface area (Å²) in [4.78, 5) is 16.6. The molecule has 2 aromatic rings. The number of pyridine rings is 1. The summed E-state index contributed by atoms with van der Waals surface area (Å²) in [5, 5.41) is 6.21. The van der Waals surface area contributed by atoms with Crippen LogP contribution in [0.5, 0.6) is 0 Å². The maximum Gasteiger partial charge on any atom is 0.412 e. The third-order valence-corrected chi connectivity index (χ3v) is 5.36. The number of hydrogen-bond donors (Lipinski definition) is 2. The first-order chi connectivity index (χ1) is 14.1. The summed E-state index contributed by atoms with van der Waals surface area (Å²) < 4.78 is 17.3. The summed E-state index contributed by atoms with van der Waals surface area (Å²) in [6, 6.07) is 13.6. The lowest BCUT2D eigenvalue weighted by atomic mass is 10.0. The third-order valence-electron chi connectivity index (χ3n) is 5.36. The van der Waals surface area contributed by atoms with E-state index >= 15 is 0 Å². The van der Waals surface area contributed by atoms with Crippen LogP contribution in [0.3, 0.4) is 0 Å². The van der Waals surface area contributed by atoms with E-state index in [1.165, 1.54) is 5.56 Å².